The smallest absolute Gasteiger partial charge is 0.338 e. The van der Waals surface area contributed by atoms with E-state index >= 15 is 0 Å². The van der Waals surface area contributed by atoms with Gasteiger partial charge >= 0.3 is 41.8 Å². The fraction of sp³-hybridized carbons (Fsp3) is 0.436. The van der Waals surface area contributed by atoms with Gasteiger partial charge in [-0.05, 0) is 43.3 Å². The third kappa shape index (κ3) is 14.4. The van der Waals surface area contributed by atoms with Crippen molar-refractivity contribution >= 4 is 53.5 Å². The fourth-order valence-corrected chi connectivity index (χ4v) is 10.3. The molecule has 4 heterocycles. The molecular weight excluding hydrogens is 1030 g/mol. The number of carbonyl (C=O) groups is 7. The van der Waals surface area contributed by atoms with Crippen LogP contribution in [0.4, 0.5) is 0 Å². The van der Waals surface area contributed by atoms with Crippen molar-refractivity contribution in [2.24, 2.45) is 0 Å². The van der Waals surface area contributed by atoms with Gasteiger partial charge in [-0.15, -0.1) is 0 Å². The second kappa shape index (κ2) is 26.1. The number of fused-ring (bicyclic) bond motifs is 1. The molecule has 77 heavy (non-hydrogen) atoms. The molecule has 0 unspecified atom stereocenters. The van der Waals surface area contributed by atoms with E-state index in [1.165, 1.54) is 49.9 Å². The standard InChI is InChI=1S/C55H58O21S/c1-29-41(72-50(61)35-19-11-7-12-20-35)44(73-51(62)36-21-13-8-14-22-36)48(76-54-47(68-33(5)59)45(67-32(4)58)42(66-31(3)57)39(70-54)27-63-30(2)56)53(65-29)75-46-43-40(28-64-52(74-43)37-23-15-9-16-24-37)71-55(49(46)69-34(6)60)77-38-25-17-10-18-26-38/h7-26,29,39-49,52-55H,27-28H2,1-6H3/t29-,39+,40+,41-,42+,43+,44+,45-,46-,47+,48+,49+,52+,53-,54-,55-/m0/s1. The van der Waals surface area contributed by atoms with Crippen LogP contribution in [0.25, 0.3) is 0 Å². The Balaban J connectivity index is 1.28. The topological polar surface area (TPSA) is 249 Å². The number of hydrogen-bond acceptors (Lipinski definition) is 22. The first-order valence-corrected chi connectivity index (χ1v) is 25.6. The van der Waals surface area contributed by atoms with Crippen molar-refractivity contribution in [3.63, 3.8) is 0 Å². The molecule has 0 spiro atoms. The number of esters is 7. The maximum Gasteiger partial charge on any atom is 0.338 e. The maximum absolute atomic E-state index is 14.5. The fourth-order valence-electron chi connectivity index (χ4n) is 9.19. The SMILES string of the molecule is CC(=O)OC[C@H]1O[C@@H](O[C@H]2[C@H](O[C@@H]3[C@@H](OC(C)=O)[C@H](Sc4ccccc4)O[C@@H]4CO[C@@H](c5ccccc5)O[C@@H]34)O[C@@H](C)[C@H](OC(=O)c3ccccc3)[C@H]2OC(=O)c2ccccc2)[C@H](OC(C)=O)[C@@H](OC(C)=O)[C@@H]1OC(C)=O. The van der Waals surface area contributed by atoms with Crippen LogP contribution in [0, 0.1) is 0 Å². The van der Waals surface area contributed by atoms with Crippen LogP contribution in [0.3, 0.4) is 0 Å². The van der Waals surface area contributed by atoms with Gasteiger partial charge in [-0.2, -0.15) is 0 Å². The highest BCUT2D eigenvalue weighted by Crippen LogP contribution is 2.44. The van der Waals surface area contributed by atoms with Gasteiger partial charge in [0.2, 0.25) is 0 Å². The molecule has 4 aromatic carbocycles. The van der Waals surface area contributed by atoms with Crippen LogP contribution in [-0.2, 0) is 90.3 Å². The highest BCUT2D eigenvalue weighted by molar-refractivity contribution is 7.99. The van der Waals surface area contributed by atoms with Crippen LogP contribution in [0.15, 0.2) is 126 Å². The van der Waals surface area contributed by atoms with E-state index in [0.29, 0.717) is 5.56 Å². The molecule has 4 fully saturated rings. The molecule has 410 valence electrons. The lowest BCUT2D eigenvalue weighted by atomic mass is 9.95. The Labute approximate surface area is 447 Å². The van der Waals surface area contributed by atoms with E-state index in [1.54, 1.807) is 60.7 Å². The van der Waals surface area contributed by atoms with Crippen LogP contribution in [0.1, 0.15) is 74.1 Å². The summed E-state index contributed by atoms with van der Waals surface area (Å²) in [5.41, 5.74) is -0.182. The van der Waals surface area contributed by atoms with Gasteiger partial charge in [0, 0.05) is 45.1 Å². The Morgan fingerprint density at radius 2 is 0.961 bits per heavy atom. The summed E-state index contributed by atoms with van der Waals surface area (Å²) >= 11 is 1.23. The zero-order valence-electron chi connectivity index (χ0n) is 42.7. The normalized spacial score (nSPS) is 30.7. The Kier molecular flexibility index (Phi) is 19.1. The lowest BCUT2D eigenvalue weighted by Crippen LogP contribution is -2.68. The first kappa shape index (κ1) is 56.4. The van der Waals surface area contributed by atoms with Crippen LogP contribution >= 0.6 is 11.8 Å². The predicted molar refractivity (Wildman–Crippen MR) is 264 cm³/mol. The van der Waals surface area contributed by atoms with Crippen LogP contribution < -0.4 is 0 Å². The first-order chi connectivity index (χ1) is 37.0. The van der Waals surface area contributed by atoms with E-state index in [4.69, 9.17) is 66.3 Å². The third-order valence-electron chi connectivity index (χ3n) is 12.4. The summed E-state index contributed by atoms with van der Waals surface area (Å²) in [6, 6.07) is 34.0. The molecule has 0 amide bonds. The summed E-state index contributed by atoms with van der Waals surface area (Å²) in [7, 11) is 0. The summed E-state index contributed by atoms with van der Waals surface area (Å²) < 4.78 is 87.9. The second-order valence-corrected chi connectivity index (χ2v) is 19.3. The van der Waals surface area contributed by atoms with Crippen molar-refractivity contribution in [3.05, 3.63) is 138 Å². The largest absolute Gasteiger partial charge is 0.463 e. The minimum absolute atomic E-state index is 0.0376. The Hall–Kier alpha value is -6.76. The average molecular weight is 1090 g/mol. The number of carbonyl (C=O) groups excluding carboxylic acids is 7. The zero-order valence-corrected chi connectivity index (χ0v) is 43.5. The van der Waals surface area contributed by atoms with Crippen molar-refractivity contribution in [1.82, 2.24) is 0 Å². The summed E-state index contributed by atoms with van der Waals surface area (Å²) in [5.74, 6) is -6.03. The Morgan fingerprint density at radius 1 is 0.481 bits per heavy atom. The molecule has 22 heteroatoms. The average Bonchev–Trinajstić information content (AvgIpc) is 3.42. The molecular formula is C55H58O21S. The van der Waals surface area contributed by atoms with Gasteiger partial charge in [0.05, 0.1) is 23.8 Å². The summed E-state index contributed by atoms with van der Waals surface area (Å²) in [4.78, 5) is 93.6. The molecule has 0 saturated carbocycles. The molecule has 16 atom stereocenters. The lowest BCUT2D eigenvalue weighted by molar-refractivity contribution is -0.388. The number of benzene rings is 4. The maximum atomic E-state index is 14.5. The van der Waals surface area contributed by atoms with E-state index in [2.05, 4.69) is 0 Å². The van der Waals surface area contributed by atoms with Gasteiger partial charge in [-0.3, -0.25) is 24.0 Å². The molecule has 0 bridgehead atoms. The number of ether oxygens (including phenoxy) is 14. The molecule has 4 aliphatic heterocycles. The summed E-state index contributed by atoms with van der Waals surface area (Å²) in [6.07, 6.45) is -22.4. The number of rotatable bonds is 17. The predicted octanol–water partition coefficient (Wildman–Crippen LogP) is 5.60. The van der Waals surface area contributed by atoms with Crippen LogP contribution in [-0.4, -0.2) is 146 Å². The number of hydrogen-bond donors (Lipinski definition) is 0. The zero-order chi connectivity index (χ0) is 54.8. The van der Waals surface area contributed by atoms with Gasteiger partial charge in [-0.25, -0.2) is 9.59 Å². The molecule has 0 N–H and O–H groups in total. The van der Waals surface area contributed by atoms with Crippen LogP contribution in [0.2, 0.25) is 0 Å². The summed E-state index contributed by atoms with van der Waals surface area (Å²) in [6.45, 7) is 6.37. The molecule has 4 aromatic rings. The van der Waals surface area contributed by atoms with Crippen molar-refractivity contribution in [3.8, 4) is 0 Å². The van der Waals surface area contributed by atoms with E-state index < -0.39 is 146 Å². The first-order valence-electron chi connectivity index (χ1n) is 24.7. The van der Waals surface area contributed by atoms with E-state index in [-0.39, 0.29) is 17.7 Å². The number of thioether (sulfide) groups is 1. The molecule has 4 saturated heterocycles. The van der Waals surface area contributed by atoms with E-state index in [1.807, 2.05) is 36.4 Å². The quantitative estimate of drug-likeness (QED) is 0.0922. The molecule has 21 nitrogen and oxygen atoms in total. The Bertz CT molecular complexity index is 2660. The van der Waals surface area contributed by atoms with Crippen molar-refractivity contribution in [2.45, 2.75) is 144 Å². The highest BCUT2D eigenvalue weighted by atomic mass is 32.2. The summed E-state index contributed by atoms with van der Waals surface area (Å²) in [5, 5.41) is 0. The molecule has 0 aliphatic carbocycles. The molecule has 4 aliphatic rings. The minimum atomic E-state index is -1.94. The molecule has 0 radical (unpaired) electrons. The van der Waals surface area contributed by atoms with Crippen molar-refractivity contribution in [2.75, 3.05) is 13.2 Å². The minimum Gasteiger partial charge on any atom is -0.463 e. The monoisotopic (exact) mass is 1090 g/mol. The van der Waals surface area contributed by atoms with Crippen molar-refractivity contribution < 1.29 is 99.9 Å². The Morgan fingerprint density at radius 3 is 1.53 bits per heavy atom. The van der Waals surface area contributed by atoms with E-state index in [9.17, 15) is 33.6 Å². The van der Waals surface area contributed by atoms with Crippen LogP contribution in [0.5, 0.6) is 0 Å². The third-order valence-corrected chi connectivity index (χ3v) is 13.6. The van der Waals surface area contributed by atoms with Gasteiger partial charge in [0.15, 0.2) is 61.6 Å². The molecule has 0 aromatic heterocycles. The highest BCUT2D eigenvalue weighted by Gasteiger charge is 2.60. The molecule has 8 rings (SSSR count). The van der Waals surface area contributed by atoms with Gasteiger partial charge in [0.1, 0.15) is 36.5 Å². The van der Waals surface area contributed by atoms with Crippen molar-refractivity contribution in [1.29, 1.82) is 0 Å². The van der Waals surface area contributed by atoms with E-state index in [0.717, 1.165) is 32.6 Å². The van der Waals surface area contributed by atoms with Gasteiger partial charge in [0.25, 0.3) is 0 Å². The second-order valence-electron chi connectivity index (χ2n) is 18.2. The van der Waals surface area contributed by atoms with Gasteiger partial charge in [-0.1, -0.05) is 96.7 Å². The van der Waals surface area contributed by atoms with Gasteiger partial charge < -0.3 is 66.3 Å². The lowest BCUT2D eigenvalue weighted by Gasteiger charge is -2.52.